The van der Waals surface area contributed by atoms with Crippen LogP contribution >= 0.6 is 12.6 Å². The second kappa shape index (κ2) is 2.83. The molecule has 0 aromatic heterocycles. The number of Topliss-reactive ketones (excluding diaryl/α,β-unsaturated/α-hetero) is 1. The van der Waals surface area contributed by atoms with Gasteiger partial charge in [-0.05, 0) is 12.1 Å². The lowest BCUT2D eigenvalue weighted by Crippen LogP contribution is -2.30. The van der Waals surface area contributed by atoms with Gasteiger partial charge in [0.05, 0.1) is 5.25 Å². The molecule has 1 atom stereocenters. The van der Waals surface area contributed by atoms with Gasteiger partial charge in [-0.3, -0.25) is 4.79 Å². The summed E-state index contributed by atoms with van der Waals surface area (Å²) >= 11 is 4.17. The van der Waals surface area contributed by atoms with Crippen LogP contribution in [0.3, 0.4) is 0 Å². The van der Waals surface area contributed by atoms with Crippen LogP contribution in [-0.4, -0.2) is 17.6 Å². The standard InChI is InChI=1S/C9H9NOS/c11-9-6-3-1-2-4-7(6)10-5-8(9)12/h1-4,8,10,12H,5H2. The van der Waals surface area contributed by atoms with Gasteiger partial charge in [-0.2, -0.15) is 12.6 Å². The quantitative estimate of drug-likeness (QED) is 0.592. The molecule has 2 rings (SSSR count). The number of hydrogen-bond donors (Lipinski definition) is 2. The zero-order valence-corrected chi connectivity index (χ0v) is 7.34. The first-order chi connectivity index (χ1) is 5.79. The fraction of sp³-hybridized carbons (Fsp3) is 0.222. The van der Waals surface area contributed by atoms with Crippen molar-refractivity contribution in [3.63, 3.8) is 0 Å². The van der Waals surface area contributed by atoms with E-state index in [2.05, 4.69) is 17.9 Å². The Morgan fingerprint density at radius 2 is 2.17 bits per heavy atom. The summed E-state index contributed by atoms with van der Waals surface area (Å²) in [7, 11) is 0. The minimum atomic E-state index is -0.195. The molecule has 0 bridgehead atoms. The van der Waals surface area contributed by atoms with Crippen LogP contribution in [-0.2, 0) is 0 Å². The minimum Gasteiger partial charge on any atom is -0.383 e. The maximum Gasteiger partial charge on any atom is 0.179 e. The van der Waals surface area contributed by atoms with E-state index in [1.807, 2.05) is 24.3 Å². The molecule has 12 heavy (non-hydrogen) atoms. The van der Waals surface area contributed by atoms with E-state index in [1.165, 1.54) is 0 Å². The Morgan fingerprint density at radius 3 is 3.00 bits per heavy atom. The summed E-state index contributed by atoms with van der Waals surface area (Å²) in [6.45, 7) is 0.624. The fourth-order valence-corrected chi connectivity index (χ4v) is 1.56. The number of fused-ring (bicyclic) bond motifs is 1. The molecule has 1 unspecified atom stereocenters. The lowest BCUT2D eigenvalue weighted by Gasteiger charge is -2.20. The van der Waals surface area contributed by atoms with Crippen molar-refractivity contribution in [1.82, 2.24) is 0 Å². The molecule has 0 spiro atoms. The third kappa shape index (κ3) is 1.10. The first-order valence-corrected chi connectivity index (χ1v) is 4.36. The van der Waals surface area contributed by atoms with E-state index < -0.39 is 0 Å². The number of para-hydroxylation sites is 1. The van der Waals surface area contributed by atoms with Crippen molar-refractivity contribution in [2.75, 3.05) is 11.9 Å². The van der Waals surface area contributed by atoms with Gasteiger partial charge in [-0.25, -0.2) is 0 Å². The Labute approximate surface area is 76.4 Å². The number of carbonyl (C=O) groups excluding carboxylic acids is 1. The van der Waals surface area contributed by atoms with Crippen LogP contribution in [0.15, 0.2) is 24.3 Å². The molecule has 1 aliphatic heterocycles. The zero-order valence-electron chi connectivity index (χ0n) is 6.45. The van der Waals surface area contributed by atoms with E-state index in [-0.39, 0.29) is 11.0 Å². The lowest BCUT2D eigenvalue weighted by molar-refractivity contribution is 0.0990. The molecule has 2 nitrogen and oxygen atoms in total. The Hall–Kier alpha value is -0.960. The average molecular weight is 179 g/mol. The van der Waals surface area contributed by atoms with Crippen molar-refractivity contribution >= 4 is 24.1 Å². The molecule has 1 N–H and O–H groups in total. The molecule has 0 saturated heterocycles. The van der Waals surface area contributed by atoms with Crippen molar-refractivity contribution < 1.29 is 4.79 Å². The summed E-state index contributed by atoms with van der Waals surface area (Å²) in [5.74, 6) is 0.118. The molecule has 1 aromatic rings. The number of rotatable bonds is 0. The molecule has 0 fully saturated rings. The van der Waals surface area contributed by atoms with Crippen LogP contribution in [0.2, 0.25) is 0 Å². The third-order valence-corrected chi connectivity index (χ3v) is 2.40. The number of anilines is 1. The highest BCUT2D eigenvalue weighted by molar-refractivity contribution is 7.81. The number of nitrogens with one attached hydrogen (secondary N) is 1. The van der Waals surface area contributed by atoms with Crippen molar-refractivity contribution in [3.05, 3.63) is 29.8 Å². The predicted molar refractivity (Wildman–Crippen MR) is 52.0 cm³/mol. The van der Waals surface area contributed by atoms with E-state index in [0.29, 0.717) is 6.54 Å². The maximum atomic E-state index is 11.5. The van der Waals surface area contributed by atoms with E-state index in [9.17, 15) is 4.79 Å². The van der Waals surface area contributed by atoms with Crippen LogP contribution in [0.4, 0.5) is 5.69 Å². The van der Waals surface area contributed by atoms with Gasteiger partial charge >= 0.3 is 0 Å². The van der Waals surface area contributed by atoms with E-state index in [1.54, 1.807) is 0 Å². The van der Waals surface area contributed by atoms with Gasteiger partial charge in [-0.1, -0.05) is 12.1 Å². The molecular formula is C9H9NOS. The highest BCUT2D eigenvalue weighted by Crippen LogP contribution is 2.22. The molecule has 1 aromatic carbocycles. The van der Waals surface area contributed by atoms with E-state index >= 15 is 0 Å². The van der Waals surface area contributed by atoms with Gasteiger partial charge < -0.3 is 5.32 Å². The van der Waals surface area contributed by atoms with Crippen molar-refractivity contribution in [3.8, 4) is 0 Å². The lowest BCUT2D eigenvalue weighted by atomic mass is 10.0. The molecule has 0 radical (unpaired) electrons. The van der Waals surface area contributed by atoms with Crippen molar-refractivity contribution in [2.24, 2.45) is 0 Å². The second-order valence-corrected chi connectivity index (χ2v) is 3.43. The average Bonchev–Trinajstić information content (AvgIpc) is 2.12. The third-order valence-electron chi connectivity index (χ3n) is 1.98. The summed E-state index contributed by atoms with van der Waals surface area (Å²) < 4.78 is 0. The smallest absolute Gasteiger partial charge is 0.179 e. The summed E-state index contributed by atoms with van der Waals surface area (Å²) in [6.07, 6.45) is 0. The van der Waals surface area contributed by atoms with Gasteiger partial charge in [0.25, 0.3) is 0 Å². The van der Waals surface area contributed by atoms with E-state index in [0.717, 1.165) is 11.3 Å². The van der Waals surface area contributed by atoms with Crippen LogP contribution in [0, 0.1) is 0 Å². The molecule has 0 amide bonds. The second-order valence-electron chi connectivity index (χ2n) is 2.81. The number of benzene rings is 1. The van der Waals surface area contributed by atoms with Crippen LogP contribution in [0.1, 0.15) is 10.4 Å². The van der Waals surface area contributed by atoms with Gasteiger partial charge in [-0.15, -0.1) is 0 Å². The van der Waals surface area contributed by atoms with Gasteiger partial charge in [0.2, 0.25) is 0 Å². The van der Waals surface area contributed by atoms with Gasteiger partial charge in [0.15, 0.2) is 5.78 Å². The fourth-order valence-electron chi connectivity index (χ4n) is 1.33. The minimum absolute atomic E-state index is 0.118. The molecular weight excluding hydrogens is 170 g/mol. The number of hydrogen-bond acceptors (Lipinski definition) is 3. The molecule has 0 aliphatic carbocycles. The zero-order chi connectivity index (χ0) is 8.55. The van der Waals surface area contributed by atoms with Crippen molar-refractivity contribution in [2.45, 2.75) is 5.25 Å². The molecule has 0 saturated carbocycles. The Bertz CT molecular complexity index is 324. The topological polar surface area (TPSA) is 29.1 Å². The molecule has 1 aliphatic rings. The highest BCUT2D eigenvalue weighted by atomic mass is 32.1. The normalized spacial score (nSPS) is 21.4. The Balaban J connectivity index is 2.49. The maximum absolute atomic E-state index is 11.5. The van der Waals surface area contributed by atoms with E-state index in [4.69, 9.17) is 0 Å². The molecule has 1 heterocycles. The summed E-state index contributed by atoms with van der Waals surface area (Å²) in [5, 5.41) is 2.95. The number of thiol groups is 1. The molecule has 62 valence electrons. The van der Waals surface area contributed by atoms with Crippen LogP contribution < -0.4 is 5.32 Å². The highest BCUT2D eigenvalue weighted by Gasteiger charge is 2.23. The van der Waals surface area contributed by atoms with Crippen molar-refractivity contribution in [1.29, 1.82) is 0 Å². The SMILES string of the molecule is O=C1c2ccccc2NCC1S. The first kappa shape index (κ1) is 7.68. The number of carbonyl (C=O) groups is 1. The summed E-state index contributed by atoms with van der Waals surface area (Å²) in [5.41, 5.74) is 1.68. The van der Waals surface area contributed by atoms with Gasteiger partial charge in [0, 0.05) is 17.8 Å². The summed E-state index contributed by atoms with van der Waals surface area (Å²) in [6, 6.07) is 7.52. The Kier molecular flexibility index (Phi) is 1.81. The Morgan fingerprint density at radius 1 is 1.42 bits per heavy atom. The van der Waals surface area contributed by atoms with Gasteiger partial charge in [0.1, 0.15) is 0 Å². The largest absolute Gasteiger partial charge is 0.383 e. The van der Waals surface area contributed by atoms with Crippen LogP contribution in [0.5, 0.6) is 0 Å². The molecule has 3 heteroatoms. The predicted octanol–water partition coefficient (Wildman–Crippen LogP) is 1.59. The monoisotopic (exact) mass is 179 g/mol. The van der Waals surface area contributed by atoms with Crippen LogP contribution in [0.25, 0.3) is 0 Å². The first-order valence-electron chi connectivity index (χ1n) is 3.84. The summed E-state index contributed by atoms with van der Waals surface area (Å²) in [4.78, 5) is 11.5. The number of ketones is 1.